The van der Waals surface area contributed by atoms with Gasteiger partial charge in [-0.2, -0.15) is 0 Å². The molecule has 0 aromatic heterocycles. The van der Waals surface area contributed by atoms with Gasteiger partial charge < -0.3 is 5.32 Å². The number of benzene rings is 1. The van der Waals surface area contributed by atoms with E-state index in [1.807, 2.05) is 12.1 Å². The van der Waals surface area contributed by atoms with E-state index in [4.69, 9.17) is 11.6 Å². The molecule has 2 atom stereocenters. The molecular formula is C14H19ClN2. The summed E-state index contributed by atoms with van der Waals surface area (Å²) in [5, 5.41) is 4.45. The standard InChI is InChI=1S/C14H19ClN2/c15-13-3-1-2-11(8-13)9-17-7-5-14-12(10-17)4-6-16-14/h1-3,8,12,14,16H,4-7,9-10H2. The molecule has 2 saturated heterocycles. The fourth-order valence-corrected chi connectivity index (χ4v) is 3.37. The molecule has 0 amide bonds. The second-order valence-corrected chi connectivity index (χ2v) is 5.70. The number of hydrogen-bond donors (Lipinski definition) is 1. The zero-order valence-corrected chi connectivity index (χ0v) is 10.8. The van der Waals surface area contributed by atoms with E-state index in [9.17, 15) is 0 Å². The quantitative estimate of drug-likeness (QED) is 0.868. The second-order valence-electron chi connectivity index (χ2n) is 5.26. The summed E-state index contributed by atoms with van der Waals surface area (Å²) in [6, 6.07) is 9.02. The number of hydrogen-bond acceptors (Lipinski definition) is 2. The lowest BCUT2D eigenvalue weighted by molar-refractivity contribution is 0.156. The number of nitrogens with one attached hydrogen (secondary N) is 1. The Bertz CT molecular complexity index is 394. The van der Waals surface area contributed by atoms with E-state index >= 15 is 0 Å². The third-order valence-corrected chi connectivity index (χ3v) is 4.27. The van der Waals surface area contributed by atoms with Gasteiger partial charge >= 0.3 is 0 Å². The maximum absolute atomic E-state index is 6.02. The number of fused-ring (bicyclic) bond motifs is 1. The highest BCUT2D eigenvalue weighted by Gasteiger charge is 2.32. The van der Waals surface area contributed by atoms with Crippen LogP contribution in [0.3, 0.4) is 0 Å². The van der Waals surface area contributed by atoms with Crippen LogP contribution >= 0.6 is 11.6 Å². The molecular weight excluding hydrogens is 232 g/mol. The summed E-state index contributed by atoms with van der Waals surface area (Å²) >= 11 is 6.02. The summed E-state index contributed by atoms with van der Waals surface area (Å²) in [6.45, 7) is 4.70. The average molecular weight is 251 g/mol. The van der Waals surface area contributed by atoms with Crippen molar-refractivity contribution in [3.63, 3.8) is 0 Å². The van der Waals surface area contributed by atoms with Gasteiger partial charge in [0.1, 0.15) is 0 Å². The Kier molecular flexibility index (Phi) is 3.37. The van der Waals surface area contributed by atoms with E-state index in [1.54, 1.807) is 0 Å². The van der Waals surface area contributed by atoms with Crippen LogP contribution in [0.2, 0.25) is 5.02 Å². The Morgan fingerprint density at radius 3 is 3.18 bits per heavy atom. The van der Waals surface area contributed by atoms with Gasteiger partial charge in [0.25, 0.3) is 0 Å². The van der Waals surface area contributed by atoms with Crippen LogP contribution in [-0.2, 0) is 6.54 Å². The lowest BCUT2D eigenvalue weighted by Crippen LogP contribution is -2.43. The van der Waals surface area contributed by atoms with Crippen molar-refractivity contribution < 1.29 is 0 Å². The molecule has 0 aliphatic carbocycles. The fraction of sp³-hybridized carbons (Fsp3) is 0.571. The first-order valence-corrected chi connectivity index (χ1v) is 6.89. The van der Waals surface area contributed by atoms with Gasteiger partial charge in [-0.25, -0.2) is 0 Å². The highest BCUT2D eigenvalue weighted by molar-refractivity contribution is 6.30. The van der Waals surface area contributed by atoms with Crippen LogP contribution in [0.1, 0.15) is 18.4 Å². The summed E-state index contributed by atoms with van der Waals surface area (Å²) in [7, 11) is 0. The molecule has 0 saturated carbocycles. The molecule has 0 radical (unpaired) electrons. The summed E-state index contributed by atoms with van der Waals surface area (Å²) in [5.41, 5.74) is 1.34. The molecule has 3 rings (SSSR count). The third-order valence-electron chi connectivity index (χ3n) is 4.03. The maximum atomic E-state index is 6.02. The van der Waals surface area contributed by atoms with Crippen LogP contribution in [0.4, 0.5) is 0 Å². The number of piperidine rings is 1. The van der Waals surface area contributed by atoms with Crippen LogP contribution in [0.15, 0.2) is 24.3 Å². The van der Waals surface area contributed by atoms with Gasteiger partial charge in [-0.1, -0.05) is 23.7 Å². The first kappa shape index (κ1) is 11.5. The van der Waals surface area contributed by atoms with E-state index in [-0.39, 0.29) is 0 Å². The van der Waals surface area contributed by atoms with Crippen LogP contribution < -0.4 is 5.32 Å². The van der Waals surface area contributed by atoms with E-state index in [2.05, 4.69) is 22.3 Å². The lowest BCUT2D eigenvalue weighted by Gasteiger charge is -2.34. The van der Waals surface area contributed by atoms with Crippen LogP contribution in [0.5, 0.6) is 0 Å². The third kappa shape index (κ3) is 2.65. The van der Waals surface area contributed by atoms with E-state index in [1.165, 1.54) is 38.0 Å². The SMILES string of the molecule is Clc1cccc(CN2CCC3NCCC3C2)c1. The molecule has 0 spiro atoms. The average Bonchev–Trinajstić information content (AvgIpc) is 2.76. The van der Waals surface area contributed by atoms with Gasteiger partial charge in [0.15, 0.2) is 0 Å². The predicted molar refractivity (Wildman–Crippen MR) is 71.2 cm³/mol. The van der Waals surface area contributed by atoms with Crippen molar-refractivity contribution in [1.29, 1.82) is 0 Å². The minimum absolute atomic E-state index is 0.783. The Balaban J connectivity index is 1.62. The van der Waals surface area contributed by atoms with Crippen molar-refractivity contribution >= 4 is 11.6 Å². The highest BCUT2D eigenvalue weighted by atomic mass is 35.5. The summed E-state index contributed by atoms with van der Waals surface area (Å²) in [5.74, 6) is 0.864. The van der Waals surface area contributed by atoms with Crippen molar-refractivity contribution in [2.75, 3.05) is 19.6 Å². The van der Waals surface area contributed by atoms with Gasteiger partial charge in [0, 0.05) is 24.2 Å². The van der Waals surface area contributed by atoms with Crippen LogP contribution in [-0.4, -0.2) is 30.6 Å². The van der Waals surface area contributed by atoms with Crippen molar-refractivity contribution in [2.45, 2.75) is 25.4 Å². The van der Waals surface area contributed by atoms with Gasteiger partial charge in [0.2, 0.25) is 0 Å². The van der Waals surface area contributed by atoms with Crippen LogP contribution in [0.25, 0.3) is 0 Å². The summed E-state index contributed by atoms with van der Waals surface area (Å²) in [6.07, 6.45) is 2.64. The molecule has 1 aromatic carbocycles. The Morgan fingerprint density at radius 1 is 1.35 bits per heavy atom. The Morgan fingerprint density at radius 2 is 2.29 bits per heavy atom. The molecule has 92 valence electrons. The van der Waals surface area contributed by atoms with Gasteiger partial charge in [-0.3, -0.25) is 4.90 Å². The molecule has 2 aliphatic heterocycles. The van der Waals surface area contributed by atoms with Gasteiger partial charge in [-0.05, 0) is 49.5 Å². The highest BCUT2D eigenvalue weighted by Crippen LogP contribution is 2.25. The molecule has 2 heterocycles. The zero-order valence-electron chi connectivity index (χ0n) is 10.0. The summed E-state index contributed by atoms with van der Waals surface area (Å²) < 4.78 is 0. The molecule has 2 unspecified atom stereocenters. The minimum atomic E-state index is 0.783. The number of nitrogens with zero attached hydrogens (tertiary/aromatic N) is 1. The maximum Gasteiger partial charge on any atom is 0.0409 e. The smallest absolute Gasteiger partial charge is 0.0409 e. The van der Waals surface area contributed by atoms with E-state index < -0.39 is 0 Å². The van der Waals surface area contributed by atoms with Crippen molar-refractivity contribution in [2.24, 2.45) is 5.92 Å². The molecule has 1 N–H and O–H groups in total. The largest absolute Gasteiger partial charge is 0.314 e. The topological polar surface area (TPSA) is 15.3 Å². The van der Waals surface area contributed by atoms with E-state index in [0.717, 1.165) is 23.5 Å². The number of likely N-dealkylation sites (tertiary alicyclic amines) is 1. The molecule has 2 nitrogen and oxygen atoms in total. The molecule has 0 bridgehead atoms. The lowest BCUT2D eigenvalue weighted by atomic mass is 9.93. The first-order valence-electron chi connectivity index (χ1n) is 6.51. The van der Waals surface area contributed by atoms with E-state index in [0.29, 0.717) is 0 Å². The van der Waals surface area contributed by atoms with Crippen molar-refractivity contribution in [3.8, 4) is 0 Å². The fourth-order valence-electron chi connectivity index (χ4n) is 3.16. The van der Waals surface area contributed by atoms with Crippen LogP contribution in [0, 0.1) is 5.92 Å². The molecule has 1 aromatic rings. The minimum Gasteiger partial charge on any atom is -0.314 e. The number of rotatable bonds is 2. The molecule has 2 fully saturated rings. The number of halogens is 1. The van der Waals surface area contributed by atoms with Crippen molar-refractivity contribution in [1.82, 2.24) is 10.2 Å². The predicted octanol–water partition coefficient (Wildman–Crippen LogP) is 2.52. The van der Waals surface area contributed by atoms with Gasteiger partial charge in [0.05, 0.1) is 0 Å². The zero-order chi connectivity index (χ0) is 11.7. The first-order chi connectivity index (χ1) is 8.31. The molecule has 3 heteroatoms. The molecule has 2 aliphatic rings. The normalized spacial score (nSPS) is 29.2. The van der Waals surface area contributed by atoms with Gasteiger partial charge in [-0.15, -0.1) is 0 Å². The monoisotopic (exact) mass is 250 g/mol. The molecule has 17 heavy (non-hydrogen) atoms. The van der Waals surface area contributed by atoms with Crippen molar-refractivity contribution in [3.05, 3.63) is 34.9 Å². The Labute approximate surface area is 108 Å². The summed E-state index contributed by atoms with van der Waals surface area (Å²) in [4.78, 5) is 2.57. The Hall–Kier alpha value is -0.570. The second kappa shape index (κ2) is 4.97.